The molecule has 1 aliphatic heterocycles. The van der Waals surface area contributed by atoms with E-state index in [0.29, 0.717) is 0 Å². The van der Waals surface area contributed by atoms with Gasteiger partial charge >= 0.3 is 0 Å². The van der Waals surface area contributed by atoms with Crippen molar-refractivity contribution in [1.29, 1.82) is 0 Å². The Bertz CT molecular complexity index is 446. The maximum absolute atomic E-state index is 9.97. The predicted molar refractivity (Wildman–Crippen MR) is 78.5 cm³/mol. The summed E-state index contributed by atoms with van der Waals surface area (Å²) < 4.78 is 0. The van der Waals surface area contributed by atoms with E-state index in [1.165, 1.54) is 29.7 Å². The Morgan fingerprint density at radius 1 is 1.32 bits per heavy atom. The van der Waals surface area contributed by atoms with E-state index >= 15 is 0 Å². The number of anilines is 1. The van der Waals surface area contributed by atoms with Gasteiger partial charge in [-0.05, 0) is 36.5 Å². The molecule has 1 aromatic carbocycles. The molecule has 3 rings (SSSR count). The van der Waals surface area contributed by atoms with Crippen LogP contribution in [0.5, 0.6) is 0 Å². The first kappa shape index (κ1) is 12.9. The van der Waals surface area contributed by atoms with E-state index in [-0.39, 0.29) is 12.1 Å². The first-order valence-electron chi connectivity index (χ1n) is 7.48. The van der Waals surface area contributed by atoms with Gasteiger partial charge in [-0.15, -0.1) is 0 Å². The molecular formula is C16H24N2O. The minimum atomic E-state index is -0.158. The Labute approximate surface area is 115 Å². The van der Waals surface area contributed by atoms with Crippen molar-refractivity contribution in [2.24, 2.45) is 0 Å². The normalized spacial score (nSPS) is 26.5. The average Bonchev–Trinajstić information content (AvgIpc) is 2.79. The molecule has 2 atom stereocenters. The number of rotatable bonds is 3. The van der Waals surface area contributed by atoms with Crippen LogP contribution in [0.3, 0.4) is 0 Å². The van der Waals surface area contributed by atoms with E-state index in [9.17, 15) is 5.11 Å². The van der Waals surface area contributed by atoms with E-state index in [1.807, 2.05) is 0 Å². The SMILES string of the molecule is CN1CCc2cc(CN[C@@H]3CCCC[C@@H]3O)ccc21. The number of nitrogens with zero attached hydrogens (tertiary/aromatic N) is 1. The summed E-state index contributed by atoms with van der Waals surface area (Å²) in [6.07, 6.45) is 5.47. The third kappa shape index (κ3) is 2.77. The topological polar surface area (TPSA) is 35.5 Å². The third-order valence-corrected chi connectivity index (χ3v) is 4.57. The summed E-state index contributed by atoms with van der Waals surface area (Å²) in [7, 11) is 2.15. The zero-order chi connectivity index (χ0) is 13.2. The summed E-state index contributed by atoms with van der Waals surface area (Å²) in [4.78, 5) is 2.32. The largest absolute Gasteiger partial charge is 0.392 e. The fraction of sp³-hybridized carbons (Fsp3) is 0.625. The van der Waals surface area contributed by atoms with Gasteiger partial charge in [0.2, 0.25) is 0 Å². The van der Waals surface area contributed by atoms with Crippen molar-refractivity contribution in [3.8, 4) is 0 Å². The fourth-order valence-corrected chi connectivity index (χ4v) is 3.33. The lowest BCUT2D eigenvalue weighted by Gasteiger charge is -2.28. The van der Waals surface area contributed by atoms with Crippen LogP contribution in [0.4, 0.5) is 5.69 Å². The standard InChI is InChI=1S/C16H24N2O/c1-18-9-8-13-10-12(6-7-15(13)18)11-17-14-4-2-3-5-16(14)19/h6-7,10,14,16-17,19H,2-5,8-9,11H2,1H3/t14-,16+/m1/s1. The molecule has 1 heterocycles. The molecule has 1 fully saturated rings. The molecule has 1 saturated carbocycles. The van der Waals surface area contributed by atoms with Gasteiger partial charge in [0.1, 0.15) is 0 Å². The number of benzene rings is 1. The second-order valence-electron chi connectivity index (χ2n) is 5.97. The molecule has 3 heteroatoms. The molecule has 1 aliphatic carbocycles. The fourth-order valence-electron chi connectivity index (χ4n) is 3.33. The highest BCUT2D eigenvalue weighted by Gasteiger charge is 2.22. The molecule has 0 unspecified atom stereocenters. The number of hydrogen-bond donors (Lipinski definition) is 2. The van der Waals surface area contributed by atoms with Crippen LogP contribution in [0.2, 0.25) is 0 Å². The monoisotopic (exact) mass is 260 g/mol. The van der Waals surface area contributed by atoms with Crippen molar-refractivity contribution in [2.45, 2.75) is 50.8 Å². The third-order valence-electron chi connectivity index (χ3n) is 4.57. The molecule has 1 aromatic rings. The van der Waals surface area contributed by atoms with E-state index in [2.05, 4.69) is 35.5 Å². The Morgan fingerprint density at radius 3 is 3.00 bits per heavy atom. The number of fused-ring (bicyclic) bond motifs is 1. The lowest BCUT2D eigenvalue weighted by molar-refractivity contribution is 0.0902. The molecule has 0 aromatic heterocycles. The molecule has 0 radical (unpaired) electrons. The van der Waals surface area contributed by atoms with Gasteiger partial charge in [0.15, 0.2) is 0 Å². The van der Waals surface area contributed by atoms with Crippen LogP contribution in [-0.2, 0) is 13.0 Å². The van der Waals surface area contributed by atoms with Crippen molar-refractivity contribution in [2.75, 3.05) is 18.5 Å². The first-order chi connectivity index (χ1) is 9.24. The van der Waals surface area contributed by atoms with Crippen LogP contribution in [0.15, 0.2) is 18.2 Å². The predicted octanol–water partition coefficient (Wildman–Crippen LogP) is 2.07. The highest BCUT2D eigenvalue weighted by atomic mass is 16.3. The number of nitrogens with one attached hydrogen (secondary N) is 1. The lowest BCUT2D eigenvalue weighted by Crippen LogP contribution is -2.41. The molecule has 0 bridgehead atoms. The Morgan fingerprint density at radius 2 is 2.16 bits per heavy atom. The summed E-state index contributed by atoms with van der Waals surface area (Å²) in [5, 5.41) is 13.5. The van der Waals surface area contributed by atoms with Gasteiger partial charge < -0.3 is 15.3 Å². The Balaban J connectivity index is 1.61. The molecule has 0 spiro atoms. The zero-order valence-electron chi connectivity index (χ0n) is 11.7. The number of aliphatic hydroxyl groups excluding tert-OH is 1. The summed E-state index contributed by atoms with van der Waals surface area (Å²) in [6.45, 7) is 2.01. The van der Waals surface area contributed by atoms with E-state index in [4.69, 9.17) is 0 Å². The number of aliphatic hydroxyl groups is 1. The van der Waals surface area contributed by atoms with E-state index < -0.39 is 0 Å². The van der Waals surface area contributed by atoms with Gasteiger partial charge in [-0.3, -0.25) is 0 Å². The quantitative estimate of drug-likeness (QED) is 0.873. The zero-order valence-corrected chi connectivity index (χ0v) is 11.7. The number of hydrogen-bond acceptors (Lipinski definition) is 3. The summed E-state index contributed by atoms with van der Waals surface area (Å²) >= 11 is 0. The lowest BCUT2D eigenvalue weighted by atomic mass is 9.92. The molecule has 2 N–H and O–H groups in total. The maximum atomic E-state index is 9.97. The van der Waals surface area contributed by atoms with Crippen LogP contribution in [0, 0.1) is 0 Å². The number of likely N-dealkylation sites (N-methyl/N-ethyl adjacent to an activating group) is 1. The van der Waals surface area contributed by atoms with Crippen molar-refractivity contribution in [3.63, 3.8) is 0 Å². The Kier molecular flexibility index (Phi) is 3.76. The molecule has 2 aliphatic rings. The van der Waals surface area contributed by atoms with Gasteiger partial charge in [0.05, 0.1) is 6.10 Å². The van der Waals surface area contributed by atoms with Gasteiger partial charge in [-0.25, -0.2) is 0 Å². The molecule has 3 nitrogen and oxygen atoms in total. The smallest absolute Gasteiger partial charge is 0.0693 e. The van der Waals surface area contributed by atoms with Crippen LogP contribution < -0.4 is 10.2 Å². The van der Waals surface area contributed by atoms with Crippen molar-refractivity contribution in [1.82, 2.24) is 5.32 Å². The minimum Gasteiger partial charge on any atom is -0.392 e. The average molecular weight is 260 g/mol. The molecule has 19 heavy (non-hydrogen) atoms. The molecule has 0 saturated heterocycles. The van der Waals surface area contributed by atoms with Crippen LogP contribution in [0.25, 0.3) is 0 Å². The van der Waals surface area contributed by atoms with Crippen LogP contribution >= 0.6 is 0 Å². The van der Waals surface area contributed by atoms with Crippen molar-refractivity contribution >= 4 is 5.69 Å². The minimum absolute atomic E-state index is 0.158. The van der Waals surface area contributed by atoms with Crippen LogP contribution in [-0.4, -0.2) is 30.8 Å². The van der Waals surface area contributed by atoms with Gasteiger partial charge in [-0.2, -0.15) is 0 Å². The molecule has 104 valence electrons. The summed E-state index contributed by atoms with van der Waals surface area (Å²) in [5.41, 5.74) is 4.18. The van der Waals surface area contributed by atoms with Crippen molar-refractivity contribution < 1.29 is 5.11 Å². The van der Waals surface area contributed by atoms with Crippen molar-refractivity contribution in [3.05, 3.63) is 29.3 Å². The van der Waals surface area contributed by atoms with Gasteiger partial charge in [-0.1, -0.05) is 25.0 Å². The summed E-state index contributed by atoms with van der Waals surface area (Å²) in [6, 6.07) is 7.05. The van der Waals surface area contributed by atoms with E-state index in [0.717, 1.165) is 32.4 Å². The molecule has 0 amide bonds. The second kappa shape index (κ2) is 5.51. The highest BCUT2D eigenvalue weighted by molar-refractivity contribution is 5.58. The van der Waals surface area contributed by atoms with Gasteiger partial charge in [0.25, 0.3) is 0 Å². The Hall–Kier alpha value is -1.06. The second-order valence-corrected chi connectivity index (χ2v) is 5.97. The highest BCUT2D eigenvalue weighted by Crippen LogP contribution is 2.27. The first-order valence-corrected chi connectivity index (χ1v) is 7.48. The van der Waals surface area contributed by atoms with Gasteiger partial charge in [0, 0.05) is 31.9 Å². The van der Waals surface area contributed by atoms with Crippen LogP contribution in [0.1, 0.15) is 36.8 Å². The summed E-state index contributed by atoms with van der Waals surface area (Å²) in [5.74, 6) is 0. The van der Waals surface area contributed by atoms with E-state index in [1.54, 1.807) is 0 Å². The maximum Gasteiger partial charge on any atom is 0.0693 e. The molecular weight excluding hydrogens is 236 g/mol.